The molecule has 1 unspecified atom stereocenters. The van der Waals surface area contributed by atoms with Crippen LogP contribution in [0.5, 0.6) is 0 Å². The van der Waals surface area contributed by atoms with E-state index in [1.54, 1.807) is 11.3 Å². The first-order valence-electron chi connectivity index (χ1n) is 3.84. The van der Waals surface area contributed by atoms with Crippen molar-refractivity contribution in [3.05, 3.63) is 22.4 Å². The molecule has 2 N–H and O–H groups in total. The van der Waals surface area contributed by atoms with E-state index in [4.69, 9.17) is 5.73 Å². The first-order chi connectivity index (χ1) is 5.02. The number of thiophene rings is 1. The second kappa shape index (κ2) is 2.95. The van der Waals surface area contributed by atoms with E-state index in [0.717, 1.165) is 0 Å². The third-order valence-corrected chi connectivity index (χ3v) is 3.14. The molecule has 1 aromatic heterocycles. The molecule has 0 spiro atoms. The second-order valence-electron chi connectivity index (χ2n) is 3.56. The van der Waals surface area contributed by atoms with Gasteiger partial charge >= 0.3 is 0 Å². The van der Waals surface area contributed by atoms with Crippen LogP contribution in [0, 0.1) is 0 Å². The normalized spacial score (nSPS) is 14.9. The molecule has 1 rings (SSSR count). The van der Waals surface area contributed by atoms with Crippen LogP contribution in [0.2, 0.25) is 0 Å². The Hall–Kier alpha value is -0.340. The summed E-state index contributed by atoms with van der Waals surface area (Å²) in [5.41, 5.74) is 5.87. The van der Waals surface area contributed by atoms with Gasteiger partial charge in [-0.15, -0.1) is 11.3 Å². The van der Waals surface area contributed by atoms with Crippen LogP contribution in [0.4, 0.5) is 0 Å². The number of hydrogen-bond donors (Lipinski definition) is 1. The van der Waals surface area contributed by atoms with Gasteiger partial charge in [0.15, 0.2) is 0 Å². The first-order valence-corrected chi connectivity index (χ1v) is 4.72. The Labute approximate surface area is 72.2 Å². The highest BCUT2D eigenvalue weighted by Crippen LogP contribution is 2.28. The molecule has 0 saturated heterocycles. The van der Waals surface area contributed by atoms with Crippen LogP contribution < -0.4 is 5.73 Å². The number of nitrogens with two attached hydrogens (primary N) is 1. The van der Waals surface area contributed by atoms with E-state index in [1.165, 1.54) is 4.88 Å². The molecule has 0 fully saturated rings. The molecule has 1 nitrogen and oxygen atoms in total. The third-order valence-electron chi connectivity index (χ3n) is 2.09. The van der Waals surface area contributed by atoms with Gasteiger partial charge in [-0.05, 0) is 25.3 Å². The lowest BCUT2D eigenvalue weighted by atomic mass is 9.89. The van der Waals surface area contributed by atoms with Gasteiger partial charge in [0.2, 0.25) is 0 Å². The predicted molar refractivity (Wildman–Crippen MR) is 51.0 cm³/mol. The fraction of sp³-hybridized carbons (Fsp3) is 0.556. The van der Waals surface area contributed by atoms with Crippen molar-refractivity contribution in [2.45, 2.75) is 32.2 Å². The predicted octanol–water partition coefficient (Wildman–Crippen LogP) is 2.59. The molecule has 0 radical (unpaired) electrons. The highest BCUT2D eigenvalue weighted by Gasteiger charge is 2.22. The maximum absolute atomic E-state index is 5.98. The van der Waals surface area contributed by atoms with E-state index in [1.807, 2.05) is 0 Å². The molecule has 1 aromatic rings. The van der Waals surface area contributed by atoms with Crippen molar-refractivity contribution in [1.82, 2.24) is 0 Å². The van der Waals surface area contributed by atoms with Gasteiger partial charge in [0.1, 0.15) is 0 Å². The topological polar surface area (TPSA) is 26.0 Å². The fourth-order valence-electron chi connectivity index (χ4n) is 0.904. The molecule has 0 aliphatic carbocycles. The molecule has 62 valence electrons. The van der Waals surface area contributed by atoms with Gasteiger partial charge in [-0.1, -0.05) is 13.0 Å². The molecule has 0 aliphatic rings. The Morgan fingerprint density at radius 3 is 2.55 bits per heavy atom. The summed E-state index contributed by atoms with van der Waals surface area (Å²) in [7, 11) is 0. The lowest BCUT2D eigenvalue weighted by molar-refractivity contribution is 0.440. The molecule has 2 heteroatoms. The molecule has 0 saturated carbocycles. The van der Waals surface area contributed by atoms with Crippen molar-refractivity contribution in [2.75, 3.05) is 0 Å². The van der Waals surface area contributed by atoms with Crippen LogP contribution in [0.1, 0.15) is 31.6 Å². The zero-order chi connectivity index (χ0) is 8.48. The average Bonchev–Trinajstić information content (AvgIpc) is 2.34. The SMILES string of the molecule is CC(c1cccs1)C(C)(C)N. The number of hydrogen-bond acceptors (Lipinski definition) is 2. The van der Waals surface area contributed by atoms with Crippen LogP contribution in [-0.4, -0.2) is 5.54 Å². The summed E-state index contributed by atoms with van der Waals surface area (Å²) in [6.07, 6.45) is 0. The molecule has 1 heterocycles. The monoisotopic (exact) mass is 169 g/mol. The van der Waals surface area contributed by atoms with E-state index >= 15 is 0 Å². The Morgan fingerprint density at radius 1 is 1.55 bits per heavy atom. The van der Waals surface area contributed by atoms with Crippen molar-refractivity contribution in [3.8, 4) is 0 Å². The van der Waals surface area contributed by atoms with Crippen LogP contribution in [0.15, 0.2) is 17.5 Å². The molecule has 0 amide bonds. The zero-order valence-corrected chi connectivity index (χ0v) is 8.11. The standard InChI is InChI=1S/C9H15NS/c1-7(9(2,3)10)8-5-4-6-11-8/h4-7H,10H2,1-3H3. The summed E-state index contributed by atoms with van der Waals surface area (Å²) in [4.78, 5) is 1.37. The van der Waals surface area contributed by atoms with E-state index in [-0.39, 0.29) is 5.54 Å². The first kappa shape index (κ1) is 8.75. The van der Waals surface area contributed by atoms with Gasteiger partial charge in [-0.25, -0.2) is 0 Å². The largest absolute Gasteiger partial charge is 0.325 e. The zero-order valence-electron chi connectivity index (χ0n) is 7.29. The summed E-state index contributed by atoms with van der Waals surface area (Å²) in [5.74, 6) is 0.447. The molecular formula is C9H15NS. The highest BCUT2D eigenvalue weighted by molar-refractivity contribution is 7.10. The van der Waals surface area contributed by atoms with Crippen LogP contribution >= 0.6 is 11.3 Å². The molecule has 0 bridgehead atoms. The molecule has 1 atom stereocenters. The van der Waals surface area contributed by atoms with Gasteiger partial charge in [0, 0.05) is 16.3 Å². The third kappa shape index (κ3) is 2.04. The lowest BCUT2D eigenvalue weighted by Crippen LogP contribution is -2.37. The van der Waals surface area contributed by atoms with Gasteiger partial charge in [-0.2, -0.15) is 0 Å². The summed E-state index contributed by atoms with van der Waals surface area (Å²) in [6.45, 7) is 6.31. The molecule has 11 heavy (non-hydrogen) atoms. The van der Waals surface area contributed by atoms with Crippen LogP contribution in [0.25, 0.3) is 0 Å². The quantitative estimate of drug-likeness (QED) is 0.723. The summed E-state index contributed by atoms with van der Waals surface area (Å²) in [5, 5.41) is 2.09. The number of rotatable bonds is 2. The summed E-state index contributed by atoms with van der Waals surface area (Å²) in [6, 6.07) is 4.21. The average molecular weight is 169 g/mol. The fourth-order valence-corrected chi connectivity index (χ4v) is 1.88. The van der Waals surface area contributed by atoms with Gasteiger partial charge in [0.05, 0.1) is 0 Å². The maximum atomic E-state index is 5.98. The minimum absolute atomic E-state index is 0.106. The highest BCUT2D eigenvalue weighted by atomic mass is 32.1. The summed E-state index contributed by atoms with van der Waals surface area (Å²) >= 11 is 1.78. The van der Waals surface area contributed by atoms with Crippen molar-refractivity contribution in [2.24, 2.45) is 5.73 Å². The van der Waals surface area contributed by atoms with Crippen LogP contribution in [0.3, 0.4) is 0 Å². The summed E-state index contributed by atoms with van der Waals surface area (Å²) < 4.78 is 0. The Balaban J connectivity index is 2.78. The van der Waals surface area contributed by atoms with E-state index in [2.05, 4.69) is 38.3 Å². The van der Waals surface area contributed by atoms with Gasteiger partial charge < -0.3 is 5.73 Å². The van der Waals surface area contributed by atoms with Crippen LogP contribution in [-0.2, 0) is 0 Å². The van der Waals surface area contributed by atoms with E-state index in [9.17, 15) is 0 Å². The smallest absolute Gasteiger partial charge is 0.0171 e. The maximum Gasteiger partial charge on any atom is 0.0171 e. The van der Waals surface area contributed by atoms with E-state index < -0.39 is 0 Å². The molecule has 0 aromatic carbocycles. The van der Waals surface area contributed by atoms with Gasteiger partial charge in [0.25, 0.3) is 0 Å². The van der Waals surface area contributed by atoms with E-state index in [0.29, 0.717) is 5.92 Å². The van der Waals surface area contributed by atoms with Crippen molar-refractivity contribution in [1.29, 1.82) is 0 Å². The van der Waals surface area contributed by atoms with Crippen molar-refractivity contribution in [3.63, 3.8) is 0 Å². The minimum atomic E-state index is -0.106. The van der Waals surface area contributed by atoms with Gasteiger partial charge in [-0.3, -0.25) is 0 Å². The Bertz CT molecular complexity index is 208. The Morgan fingerprint density at radius 2 is 2.18 bits per heavy atom. The Kier molecular flexibility index (Phi) is 2.35. The minimum Gasteiger partial charge on any atom is -0.325 e. The van der Waals surface area contributed by atoms with Crippen molar-refractivity contribution < 1.29 is 0 Å². The van der Waals surface area contributed by atoms with Crippen molar-refractivity contribution >= 4 is 11.3 Å². The second-order valence-corrected chi connectivity index (χ2v) is 4.54. The molecule has 0 aliphatic heterocycles. The lowest BCUT2D eigenvalue weighted by Gasteiger charge is -2.25. The molecular weight excluding hydrogens is 154 g/mol.